The van der Waals surface area contributed by atoms with E-state index in [1.54, 1.807) is 6.33 Å². The summed E-state index contributed by atoms with van der Waals surface area (Å²) >= 11 is 0. The van der Waals surface area contributed by atoms with Gasteiger partial charge in [0.05, 0.1) is 47.2 Å². The quantitative estimate of drug-likeness (QED) is 0.448. The van der Waals surface area contributed by atoms with Crippen molar-refractivity contribution < 1.29 is 9.90 Å². The number of nitrogens with zero attached hydrogens (tertiary/aromatic N) is 4. The fourth-order valence-electron chi connectivity index (χ4n) is 4.24. The van der Waals surface area contributed by atoms with E-state index < -0.39 is 5.97 Å². The first-order valence-electron chi connectivity index (χ1n) is 10.6. The number of rotatable bonds is 5. The number of fused-ring (bicyclic) bond motifs is 1. The highest BCUT2D eigenvalue weighted by molar-refractivity contribution is 5.88. The summed E-state index contributed by atoms with van der Waals surface area (Å²) in [5.74, 6) is -0.788. The number of imidazole rings is 1. The number of hydrogen-bond donors (Lipinski definition) is 3. The van der Waals surface area contributed by atoms with Crippen LogP contribution in [0, 0.1) is 6.92 Å². The molecule has 32 heavy (non-hydrogen) atoms. The molecule has 1 fully saturated rings. The minimum absolute atomic E-state index is 0.0725. The molecule has 0 saturated carbocycles. The van der Waals surface area contributed by atoms with Crippen LogP contribution in [0.15, 0.2) is 55.0 Å². The van der Waals surface area contributed by atoms with E-state index in [2.05, 4.69) is 42.3 Å². The van der Waals surface area contributed by atoms with Crippen LogP contribution in [-0.2, 0) is 4.79 Å². The van der Waals surface area contributed by atoms with Crippen LogP contribution in [0.1, 0.15) is 12.1 Å². The third kappa shape index (κ3) is 4.04. The Morgan fingerprint density at radius 1 is 1.22 bits per heavy atom. The maximum atomic E-state index is 11.1. The minimum Gasteiger partial charge on any atom is -0.481 e. The molecular formula is C24H24N6O2. The van der Waals surface area contributed by atoms with Crippen molar-refractivity contribution in [2.45, 2.75) is 19.4 Å². The van der Waals surface area contributed by atoms with E-state index in [-0.39, 0.29) is 12.5 Å². The number of aromatic amines is 1. The van der Waals surface area contributed by atoms with Crippen LogP contribution in [0.3, 0.4) is 0 Å². The van der Waals surface area contributed by atoms with Crippen molar-refractivity contribution in [3.8, 4) is 22.6 Å². The largest absolute Gasteiger partial charge is 0.481 e. The first-order valence-corrected chi connectivity index (χ1v) is 10.6. The second kappa shape index (κ2) is 8.39. The Morgan fingerprint density at radius 3 is 2.97 bits per heavy atom. The summed E-state index contributed by atoms with van der Waals surface area (Å²) in [5.41, 5.74) is 6.42. The van der Waals surface area contributed by atoms with Gasteiger partial charge in [0.15, 0.2) is 0 Å². The molecule has 0 amide bonds. The van der Waals surface area contributed by atoms with Gasteiger partial charge >= 0.3 is 5.97 Å². The summed E-state index contributed by atoms with van der Waals surface area (Å²) in [5, 5.41) is 13.4. The van der Waals surface area contributed by atoms with E-state index in [0.29, 0.717) is 6.54 Å². The van der Waals surface area contributed by atoms with Crippen LogP contribution < -0.4 is 10.2 Å². The van der Waals surface area contributed by atoms with Gasteiger partial charge in [0, 0.05) is 42.3 Å². The average molecular weight is 428 g/mol. The number of anilines is 1. The molecule has 0 radical (unpaired) electrons. The average Bonchev–Trinajstić information content (AvgIpc) is 3.28. The lowest BCUT2D eigenvalue weighted by Gasteiger charge is -2.34. The zero-order valence-electron chi connectivity index (χ0n) is 17.7. The predicted molar refractivity (Wildman–Crippen MR) is 124 cm³/mol. The van der Waals surface area contributed by atoms with Crippen molar-refractivity contribution in [2.24, 2.45) is 0 Å². The molecule has 1 unspecified atom stereocenters. The number of hydrogen-bond acceptors (Lipinski definition) is 6. The van der Waals surface area contributed by atoms with Crippen LogP contribution >= 0.6 is 0 Å². The molecule has 4 aromatic rings. The van der Waals surface area contributed by atoms with Gasteiger partial charge in [-0.2, -0.15) is 0 Å². The Morgan fingerprint density at radius 2 is 2.12 bits per heavy atom. The first-order chi connectivity index (χ1) is 15.6. The number of H-pyrrole nitrogens is 1. The van der Waals surface area contributed by atoms with Crippen LogP contribution in [0.2, 0.25) is 0 Å². The van der Waals surface area contributed by atoms with E-state index >= 15 is 0 Å². The predicted octanol–water partition coefficient (Wildman–Crippen LogP) is 3.25. The van der Waals surface area contributed by atoms with Gasteiger partial charge in [0.1, 0.15) is 0 Å². The summed E-state index contributed by atoms with van der Waals surface area (Å²) in [6.07, 6.45) is 3.66. The summed E-state index contributed by atoms with van der Waals surface area (Å²) < 4.78 is 0. The molecule has 1 aliphatic heterocycles. The number of carboxylic acids is 1. The normalized spacial score (nSPS) is 16.4. The van der Waals surface area contributed by atoms with Gasteiger partial charge in [-0.3, -0.25) is 14.8 Å². The third-order valence-electron chi connectivity index (χ3n) is 5.77. The highest BCUT2D eigenvalue weighted by Crippen LogP contribution is 2.31. The van der Waals surface area contributed by atoms with E-state index in [1.165, 1.54) is 0 Å². The Bertz CT molecular complexity index is 1280. The van der Waals surface area contributed by atoms with Crippen molar-refractivity contribution >= 4 is 22.6 Å². The number of piperazine rings is 1. The second-order valence-corrected chi connectivity index (χ2v) is 8.09. The lowest BCUT2D eigenvalue weighted by atomic mass is 10.0. The molecule has 8 heteroatoms. The summed E-state index contributed by atoms with van der Waals surface area (Å²) in [6.45, 7) is 4.17. The highest BCUT2D eigenvalue weighted by atomic mass is 16.4. The SMILES string of the molecule is Cc1cccc(-c2[nH]cnc2-c2ccc3ncc(N4CCNC(CC(=O)O)C4)cc3c2)n1. The molecule has 1 atom stereocenters. The van der Waals surface area contributed by atoms with E-state index in [1.807, 2.05) is 43.5 Å². The highest BCUT2D eigenvalue weighted by Gasteiger charge is 2.22. The van der Waals surface area contributed by atoms with Crippen molar-refractivity contribution in [3.05, 3.63) is 60.7 Å². The van der Waals surface area contributed by atoms with Crippen molar-refractivity contribution in [1.29, 1.82) is 0 Å². The van der Waals surface area contributed by atoms with Gasteiger partial charge in [-0.25, -0.2) is 4.98 Å². The fraction of sp³-hybridized carbons (Fsp3) is 0.250. The van der Waals surface area contributed by atoms with Crippen molar-refractivity contribution in [1.82, 2.24) is 25.3 Å². The van der Waals surface area contributed by atoms with Crippen LogP contribution in [0.25, 0.3) is 33.5 Å². The number of aliphatic carboxylic acids is 1. The lowest BCUT2D eigenvalue weighted by Crippen LogP contribution is -2.51. The lowest BCUT2D eigenvalue weighted by molar-refractivity contribution is -0.137. The molecule has 5 rings (SSSR count). The minimum atomic E-state index is -0.788. The Balaban J connectivity index is 1.48. The van der Waals surface area contributed by atoms with E-state index in [4.69, 9.17) is 5.11 Å². The molecule has 0 bridgehead atoms. The molecule has 3 N–H and O–H groups in total. The van der Waals surface area contributed by atoms with E-state index in [9.17, 15) is 4.79 Å². The smallest absolute Gasteiger partial charge is 0.304 e. The Hall–Kier alpha value is -3.78. The van der Waals surface area contributed by atoms with Gasteiger partial charge in [0.25, 0.3) is 0 Å². The molecule has 1 aromatic carbocycles. The molecule has 162 valence electrons. The second-order valence-electron chi connectivity index (χ2n) is 8.09. The number of pyridine rings is 2. The summed E-state index contributed by atoms with van der Waals surface area (Å²) in [4.78, 5) is 30.3. The molecule has 8 nitrogen and oxygen atoms in total. The van der Waals surface area contributed by atoms with Gasteiger partial charge in [0.2, 0.25) is 0 Å². The molecule has 3 aromatic heterocycles. The van der Waals surface area contributed by atoms with Crippen LogP contribution in [-0.4, -0.2) is 56.7 Å². The van der Waals surface area contributed by atoms with Crippen molar-refractivity contribution in [2.75, 3.05) is 24.5 Å². The standard InChI is InChI=1S/C24H24N6O2/c1-15-3-2-4-21(29-15)24-23(27-14-28-24)16-5-6-20-17(9-16)10-19(12-26-20)30-8-7-25-18(13-30)11-22(31)32/h2-6,9-10,12,14,18,25H,7-8,11,13H2,1H3,(H,27,28)(H,31,32). The Kier molecular flexibility index (Phi) is 5.28. The molecule has 0 spiro atoms. The summed E-state index contributed by atoms with van der Waals surface area (Å²) in [6, 6.07) is 14.1. The van der Waals surface area contributed by atoms with Crippen molar-refractivity contribution in [3.63, 3.8) is 0 Å². The molecular weight excluding hydrogens is 404 g/mol. The first kappa shape index (κ1) is 20.1. The molecule has 1 saturated heterocycles. The zero-order valence-corrected chi connectivity index (χ0v) is 17.7. The topological polar surface area (TPSA) is 107 Å². The van der Waals surface area contributed by atoms with Gasteiger partial charge in [-0.05, 0) is 37.3 Å². The summed E-state index contributed by atoms with van der Waals surface area (Å²) in [7, 11) is 0. The van der Waals surface area contributed by atoms with E-state index in [0.717, 1.165) is 58.0 Å². The number of benzene rings is 1. The third-order valence-corrected chi connectivity index (χ3v) is 5.77. The molecule has 1 aliphatic rings. The fourth-order valence-corrected chi connectivity index (χ4v) is 4.24. The van der Waals surface area contributed by atoms with Crippen LogP contribution in [0.4, 0.5) is 5.69 Å². The number of aromatic nitrogens is 4. The maximum absolute atomic E-state index is 11.1. The maximum Gasteiger partial charge on any atom is 0.304 e. The molecule has 4 heterocycles. The van der Waals surface area contributed by atoms with Gasteiger partial charge in [-0.15, -0.1) is 0 Å². The Labute approximate surface area is 185 Å². The monoisotopic (exact) mass is 428 g/mol. The van der Waals surface area contributed by atoms with Crippen LogP contribution in [0.5, 0.6) is 0 Å². The number of aryl methyl sites for hydroxylation is 1. The molecule has 0 aliphatic carbocycles. The van der Waals surface area contributed by atoms with Gasteiger partial charge in [-0.1, -0.05) is 12.1 Å². The van der Waals surface area contributed by atoms with Gasteiger partial charge < -0.3 is 20.3 Å². The number of carbonyl (C=O) groups is 1. The number of nitrogens with one attached hydrogen (secondary N) is 2. The zero-order chi connectivity index (χ0) is 22.1. The number of carboxylic acid groups (broad SMARTS) is 1.